The largest absolute Gasteiger partial charge is 0.870 e. The molecule has 0 atom stereocenters. The molecule has 6 heteroatoms. The Morgan fingerprint density at radius 1 is 0.579 bits per heavy atom. The average molecular weight is 580 g/mol. The number of benzene rings is 5. The maximum atomic E-state index is 11.5. The lowest BCUT2D eigenvalue weighted by Crippen LogP contribution is -2.32. The minimum atomic E-state index is -1.53. The SMILES string of the molecule is CC[P+](c1ccccc1)(c1ccccc1)c1ccccc1.[O-]c1cc(Cl)ccc1Oc1ccc(Cl)cc1Cl. The van der Waals surface area contributed by atoms with E-state index in [1.165, 1.54) is 28.0 Å². The third-order valence-electron chi connectivity index (χ3n) is 6.08. The van der Waals surface area contributed by atoms with Crippen molar-refractivity contribution in [1.29, 1.82) is 0 Å². The van der Waals surface area contributed by atoms with E-state index in [0.717, 1.165) is 6.16 Å². The fourth-order valence-electron chi connectivity index (χ4n) is 4.29. The van der Waals surface area contributed by atoms with Gasteiger partial charge in [-0.25, -0.2) is 0 Å². The molecule has 2 nitrogen and oxygen atoms in total. The average Bonchev–Trinajstić information content (AvgIpc) is 2.94. The number of halogens is 3. The van der Waals surface area contributed by atoms with Gasteiger partial charge >= 0.3 is 0 Å². The summed E-state index contributed by atoms with van der Waals surface area (Å²) in [6.45, 7) is 2.32. The standard InChI is InChI=1S/C20H20P.C12H7Cl3O2/c1-2-21(18-12-6-3-7-13-18,19-14-8-4-9-15-19)20-16-10-5-11-17-20;13-7-1-3-11(9(15)5-7)17-12-4-2-8(14)6-10(12)16/h3-17H,2H2,1H3;1-6,16H/q+1;/p-1. The topological polar surface area (TPSA) is 32.3 Å². The van der Waals surface area contributed by atoms with E-state index in [1.54, 1.807) is 24.3 Å². The van der Waals surface area contributed by atoms with E-state index in [0.29, 0.717) is 20.8 Å². The number of ether oxygens (including phenoxy) is 1. The highest BCUT2D eigenvalue weighted by atomic mass is 35.5. The van der Waals surface area contributed by atoms with Gasteiger partial charge in [-0.15, -0.1) is 0 Å². The van der Waals surface area contributed by atoms with Gasteiger partial charge in [0.2, 0.25) is 0 Å². The fourth-order valence-corrected chi connectivity index (χ4v) is 8.93. The molecule has 0 amide bonds. The summed E-state index contributed by atoms with van der Waals surface area (Å²) in [6, 6.07) is 42.1. The van der Waals surface area contributed by atoms with Crippen molar-refractivity contribution in [3.8, 4) is 17.2 Å². The minimum absolute atomic E-state index is 0.165. The van der Waals surface area contributed by atoms with Gasteiger partial charge < -0.3 is 9.84 Å². The maximum Gasteiger partial charge on any atom is 0.146 e. The van der Waals surface area contributed by atoms with Gasteiger partial charge in [0.25, 0.3) is 0 Å². The van der Waals surface area contributed by atoms with Gasteiger partial charge in [-0.2, -0.15) is 0 Å². The maximum absolute atomic E-state index is 11.5. The zero-order valence-corrected chi connectivity index (χ0v) is 23.9. The summed E-state index contributed by atoms with van der Waals surface area (Å²) in [5, 5.41) is 17.1. The molecule has 0 saturated heterocycles. The first-order valence-electron chi connectivity index (χ1n) is 12.1. The molecular formula is C32H26Cl3O2P. The highest BCUT2D eigenvalue weighted by molar-refractivity contribution is 7.95. The van der Waals surface area contributed by atoms with Crippen LogP contribution in [0.2, 0.25) is 15.1 Å². The van der Waals surface area contributed by atoms with Crippen molar-refractivity contribution in [2.45, 2.75) is 6.92 Å². The lowest BCUT2D eigenvalue weighted by Gasteiger charge is -2.26. The molecule has 0 aliphatic carbocycles. The van der Waals surface area contributed by atoms with Crippen LogP contribution in [0.1, 0.15) is 6.92 Å². The van der Waals surface area contributed by atoms with Crippen LogP contribution in [0.15, 0.2) is 127 Å². The molecule has 0 spiro atoms. The zero-order valence-electron chi connectivity index (χ0n) is 20.7. The normalized spacial score (nSPS) is 10.8. The first-order chi connectivity index (χ1) is 18.4. The molecule has 0 fully saturated rings. The summed E-state index contributed by atoms with van der Waals surface area (Å²) in [4.78, 5) is 0. The molecule has 0 N–H and O–H groups in total. The molecule has 0 bridgehead atoms. The Morgan fingerprint density at radius 2 is 1.00 bits per heavy atom. The van der Waals surface area contributed by atoms with E-state index in [4.69, 9.17) is 39.5 Å². The molecule has 0 aromatic heterocycles. The zero-order chi connectivity index (χ0) is 27.0. The van der Waals surface area contributed by atoms with Crippen LogP contribution < -0.4 is 25.8 Å². The highest BCUT2D eigenvalue weighted by Crippen LogP contribution is 2.54. The van der Waals surface area contributed by atoms with Crippen molar-refractivity contribution < 1.29 is 9.84 Å². The molecule has 5 aromatic carbocycles. The van der Waals surface area contributed by atoms with Crippen LogP contribution in [-0.2, 0) is 0 Å². The summed E-state index contributed by atoms with van der Waals surface area (Å²) in [6.07, 6.45) is 1.14. The predicted molar refractivity (Wildman–Crippen MR) is 163 cm³/mol. The molecule has 38 heavy (non-hydrogen) atoms. The number of rotatable bonds is 6. The lowest BCUT2D eigenvalue weighted by atomic mass is 10.3. The fraction of sp³-hybridized carbons (Fsp3) is 0.0625. The van der Waals surface area contributed by atoms with Gasteiger partial charge in [-0.05, 0) is 79.7 Å². The molecule has 0 heterocycles. The summed E-state index contributed by atoms with van der Waals surface area (Å²) < 4.78 is 5.39. The molecule has 0 aliphatic heterocycles. The molecule has 192 valence electrons. The van der Waals surface area contributed by atoms with Gasteiger partial charge in [0.1, 0.15) is 34.7 Å². The van der Waals surface area contributed by atoms with Gasteiger partial charge in [0.15, 0.2) is 0 Å². The molecule has 0 unspecified atom stereocenters. The van der Waals surface area contributed by atoms with Crippen molar-refractivity contribution in [3.05, 3.63) is 142 Å². The van der Waals surface area contributed by atoms with Crippen LogP contribution in [0, 0.1) is 0 Å². The Morgan fingerprint density at radius 3 is 1.39 bits per heavy atom. The lowest BCUT2D eigenvalue weighted by molar-refractivity contribution is -0.269. The first-order valence-corrected chi connectivity index (χ1v) is 15.2. The molecule has 5 aromatic rings. The van der Waals surface area contributed by atoms with Gasteiger partial charge in [-0.3, -0.25) is 0 Å². The van der Waals surface area contributed by atoms with E-state index in [-0.39, 0.29) is 11.5 Å². The third-order valence-corrected chi connectivity index (χ3v) is 11.3. The van der Waals surface area contributed by atoms with Crippen LogP contribution in [0.4, 0.5) is 0 Å². The van der Waals surface area contributed by atoms with Crippen molar-refractivity contribution in [3.63, 3.8) is 0 Å². The Labute approximate surface area is 239 Å². The second-order valence-electron chi connectivity index (χ2n) is 8.40. The monoisotopic (exact) mass is 578 g/mol. The summed E-state index contributed by atoms with van der Waals surface area (Å²) in [5.41, 5.74) is 0. The van der Waals surface area contributed by atoms with Gasteiger partial charge in [0, 0.05) is 10.0 Å². The van der Waals surface area contributed by atoms with E-state index < -0.39 is 7.26 Å². The van der Waals surface area contributed by atoms with Crippen LogP contribution in [-0.4, -0.2) is 6.16 Å². The Kier molecular flexibility index (Phi) is 9.72. The minimum Gasteiger partial charge on any atom is -0.870 e. The van der Waals surface area contributed by atoms with Crippen LogP contribution >= 0.6 is 42.1 Å². The second kappa shape index (κ2) is 13.2. The van der Waals surface area contributed by atoms with E-state index >= 15 is 0 Å². The second-order valence-corrected chi connectivity index (χ2v) is 13.5. The molecule has 5 rings (SSSR count). The molecule has 0 saturated carbocycles. The molecular weight excluding hydrogens is 554 g/mol. The molecule has 0 aliphatic rings. The summed E-state index contributed by atoms with van der Waals surface area (Å²) in [5.74, 6) is 0.234. The van der Waals surface area contributed by atoms with Crippen LogP contribution in [0.3, 0.4) is 0 Å². The van der Waals surface area contributed by atoms with Gasteiger partial charge in [-0.1, -0.05) is 95.1 Å². The van der Waals surface area contributed by atoms with Crippen molar-refractivity contribution in [2.75, 3.05) is 6.16 Å². The van der Waals surface area contributed by atoms with Gasteiger partial charge in [0.05, 0.1) is 11.2 Å². The Balaban J connectivity index is 0.000000181. The van der Waals surface area contributed by atoms with Crippen molar-refractivity contribution in [1.82, 2.24) is 0 Å². The van der Waals surface area contributed by atoms with Crippen molar-refractivity contribution in [2.24, 2.45) is 0 Å². The van der Waals surface area contributed by atoms with E-state index in [2.05, 4.69) is 97.9 Å². The third kappa shape index (κ3) is 6.52. The van der Waals surface area contributed by atoms with Crippen molar-refractivity contribution >= 4 is 58.0 Å². The van der Waals surface area contributed by atoms with E-state index in [9.17, 15) is 5.11 Å². The smallest absolute Gasteiger partial charge is 0.146 e. The number of hydrogen-bond donors (Lipinski definition) is 0. The predicted octanol–water partition coefficient (Wildman–Crippen LogP) is 8.51. The summed E-state index contributed by atoms with van der Waals surface area (Å²) >= 11 is 17.4. The molecule has 0 radical (unpaired) electrons. The van der Waals surface area contributed by atoms with Crippen LogP contribution in [0.5, 0.6) is 17.2 Å². The van der Waals surface area contributed by atoms with E-state index in [1.807, 2.05) is 0 Å². The van der Waals surface area contributed by atoms with Crippen LogP contribution in [0.25, 0.3) is 0 Å². The Bertz CT molecular complexity index is 1320. The highest BCUT2D eigenvalue weighted by Gasteiger charge is 2.43. The summed E-state index contributed by atoms with van der Waals surface area (Å²) in [7, 11) is -1.53. The number of hydrogen-bond acceptors (Lipinski definition) is 2. The quantitative estimate of drug-likeness (QED) is 0.189. The Hall–Kier alpha value is -3.00. The first kappa shape index (κ1) is 28.0.